The fourth-order valence-corrected chi connectivity index (χ4v) is 3.69. The van der Waals surface area contributed by atoms with Gasteiger partial charge in [-0.1, -0.05) is 17.7 Å². The van der Waals surface area contributed by atoms with Crippen molar-refractivity contribution < 1.29 is 4.74 Å². The Morgan fingerprint density at radius 2 is 2.11 bits per heavy atom. The van der Waals surface area contributed by atoms with Crippen molar-refractivity contribution in [1.29, 1.82) is 0 Å². The van der Waals surface area contributed by atoms with Crippen LogP contribution in [0.25, 0.3) is 11.2 Å². The lowest BCUT2D eigenvalue weighted by atomic mass is 10.3. The zero-order chi connectivity index (χ0) is 19.3. The Balaban J connectivity index is 1.92. The third-order valence-electron chi connectivity index (χ3n) is 4.76. The van der Waals surface area contributed by atoms with Crippen LogP contribution in [0, 0.1) is 0 Å². The van der Waals surface area contributed by atoms with Crippen molar-refractivity contribution in [1.82, 2.24) is 18.7 Å². The number of allylic oxidation sites excluding steroid dienone is 1. The van der Waals surface area contributed by atoms with Gasteiger partial charge in [0, 0.05) is 32.4 Å². The maximum atomic E-state index is 12.9. The van der Waals surface area contributed by atoms with Crippen molar-refractivity contribution >= 4 is 34.4 Å². The van der Waals surface area contributed by atoms with Gasteiger partial charge in [-0.3, -0.25) is 13.9 Å². The predicted octanol–water partition coefficient (Wildman–Crippen LogP) is 1.90. The molecule has 0 aliphatic carbocycles. The lowest BCUT2D eigenvalue weighted by Crippen LogP contribution is -2.39. The molecule has 0 radical (unpaired) electrons. The van der Waals surface area contributed by atoms with Gasteiger partial charge in [0.2, 0.25) is 5.95 Å². The van der Waals surface area contributed by atoms with E-state index in [4.69, 9.17) is 16.3 Å². The molecule has 0 bridgehead atoms. The Labute approximate surface area is 159 Å². The second-order valence-electron chi connectivity index (χ2n) is 6.25. The highest BCUT2D eigenvalue weighted by atomic mass is 35.5. The van der Waals surface area contributed by atoms with Crippen LogP contribution in [0.4, 0.5) is 11.6 Å². The first-order chi connectivity index (χ1) is 13.0. The third-order valence-corrected chi connectivity index (χ3v) is 5.06. The number of anilines is 2. The van der Waals surface area contributed by atoms with Gasteiger partial charge >= 0.3 is 5.69 Å². The number of ether oxygens (including phenoxy) is 1. The minimum absolute atomic E-state index is 0.153. The monoisotopic (exact) mass is 387 g/mol. The summed E-state index contributed by atoms with van der Waals surface area (Å²) >= 11 is 6.25. The van der Waals surface area contributed by atoms with Crippen molar-refractivity contribution in [3.63, 3.8) is 0 Å². The Hall–Kier alpha value is -3.00. The molecule has 2 aromatic heterocycles. The molecule has 0 unspecified atom stereocenters. The first-order valence-corrected chi connectivity index (χ1v) is 8.77. The number of nitrogens with zero attached hydrogens (tertiary/aromatic N) is 5. The molecular weight excluding hydrogens is 370 g/mol. The van der Waals surface area contributed by atoms with Crippen molar-refractivity contribution in [2.24, 2.45) is 7.05 Å². The standard InChI is InChI=1S/C18H18ClN5O3/c1-4-7-24-16(25)14-15(21(2)18(24)26)20-17-22(8-9-23(14)17)11-5-6-13(27-3)12(19)10-11/h4-6,10H,1,7-9H2,2-3H3. The average Bonchev–Trinajstić information content (AvgIpc) is 3.22. The van der Waals surface area contributed by atoms with Crippen LogP contribution in [-0.2, 0) is 20.1 Å². The molecular formula is C18H18ClN5O3. The van der Waals surface area contributed by atoms with Crippen LogP contribution < -0.4 is 20.9 Å². The van der Waals surface area contributed by atoms with E-state index in [1.165, 1.54) is 10.6 Å². The number of aryl methyl sites for hydroxylation is 1. The number of benzene rings is 1. The third kappa shape index (κ3) is 2.48. The van der Waals surface area contributed by atoms with Crippen LogP contribution in [0.2, 0.25) is 5.02 Å². The van der Waals surface area contributed by atoms with E-state index in [1.807, 2.05) is 15.5 Å². The van der Waals surface area contributed by atoms with E-state index >= 15 is 0 Å². The fourth-order valence-electron chi connectivity index (χ4n) is 3.44. The van der Waals surface area contributed by atoms with Crippen LogP contribution in [0.5, 0.6) is 5.75 Å². The van der Waals surface area contributed by atoms with E-state index in [1.54, 1.807) is 26.3 Å². The van der Waals surface area contributed by atoms with Crippen molar-refractivity contribution in [3.05, 3.63) is 56.7 Å². The summed E-state index contributed by atoms with van der Waals surface area (Å²) in [4.78, 5) is 31.9. The van der Waals surface area contributed by atoms with Gasteiger partial charge in [0.25, 0.3) is 5.56 Å². The van der Waals surface area contributed by atoms with Gasteiger partial charge < -0.3 is 14.2 Å². The van der Waals surface area contributed by atoms with Gasteiger partial charge in [-0.15, -0.1) is 6.58 Å². The van der Waals surface area contributed by atoms with Crippen molar-refractivity contribution in [2.75, 3.05) is 18.6 Å². The van der Waals surface area contributed by atoms with Crippen LogP contribution in [-0.4, -0.2) is 32.3 Å². The highest BCUT2D eigenvalue weighted by Gasteiger charge is 2.28. The number of rotatable bonds is 4. The summed E-state index contributed by atoms with van der Waals surface area (Å²) in [6, 6.07) is 5.47. The number of hydrogen-bond acceptors (Lipinski definition) is 5. The summed E-state index contributed by atoms with van der Waals surface area (Å²) in [6.07, 6.45) is 1.53. The van der Waals surface area contributed by atoms with Crippen LogP contribution in [0.3, 0.4) is 0 Å². The van der Waals surface area contributed by atoms with Crippen LogP contribution >= 0.6 is 11.6 Å². The quantitative estimate of drug-likeness (QED) is 0.639. The van der Waals surface area contributed by atoms with Gasteiger partial charge in [0.05, 0.1) is 12.1 Å². The molecule has 27 heavy (non-hydrogen) atoms. The summed E-state index contributed by atoms with van der Waals surface area (Å²) in [5, 5.41) is 0.491. The summed E-state index contributed by atoms with van der Waals surface area (Å²) in [5.41, 5.74) is 0.844. The topological polar surface area (TPSA) is 74.3 Å². The number of hydrogen-bond donors (Lipinski definition) is 0. The number of fused-ring (bicyclic) bond motifs is 3. The van der Waals surface area contributed by atoms with E-state index < -0.39 is 5.69 Å². The van der Waals surface area contributed by atoms with E-state index in [0.717, 1.165) is 10.3 Å². The Morgan fingerprint density at radius 3 is 2.78 bits per heavy atom. The van der Waals surface area contributed by atoms with Crippen LogP contribution in [0.15, 0.2) is 40.4 Å². The van der Waals surface area contributed by atoms with E-state index in [2.05, 4.69) is 11.6 Å². The first kappa shape index (κ1) is 17.4. The summed E-state index contributed by atoms with van der Waals surface area (Å²) < 4.78 is 9.60. The SMILES string of the molecule is C=CCn1c(=O)c2c(nc3n2CCN3c2ccc(OC)c(Cl)c2)n(C)c1=O. The largest absolute Gasteiger partial charge is 0.495 e. The molecule has 1 aromatic carbocycles. The van der Waals surface area contributed by atoms with Crippen LogP contribution in [0.1, 0.15) is 0 Å². The Bertz CT molecular complexity index is 1190. The number of aromatic nitrogens is 4. The highest BCUT2D eigenvalue weighted by molar-refractivity contribution is 6.32. The summed E-state index contributed by atoms with van der Waals surface area (Å²) in [6.45, 7) is 5.00. The van der Waals surface area contributed by atoms with Crippen molar-refractivity contribution in [2.45, 2.75) is 13.1 Å². The van der Waals surface area contributed by atoms with E-state index in [0.29, 0.717) is 41.0 Å². The molecule has 0 fully saturated rings. The number of methoxy groups -OCH3 is 1. The van der Waals surface area contributed by atoms with Gasteiger partial charge in [-0.25, -0.2) is 4.79 Å². The molecule has 3 aromatic rings. The normalized spacial score (nSPS) is 13.2. The Morgan fingerprint density at radius 1 is 1.33 bits per heavy atom. The number of halogens is 1. The molecule has 1 aliphatic heterocycles. The smallest absolute Gasteiger partial charge is 0.332 e. The second kappa shape index (κ2) is 6.31. The fraction of sp³-hybridized carbons (Fsp3) is 0.278. The maximum Gasteiger partial charge on any atom is 0.332 e. The van der Waals surface area contributed by atoms with Crippen molar-refractivity contribution in [3.8, 4) is 5.75 Å². The molecule has 0 atom stereocenters. The van der Waals surface area contributed by atoms with Gasteiger partial charge in [-0.05, 0) is 18.2 Å². The second-order valence-corrected chi connectivity index (χ2v) is 6.66. The van der Waals surface area contributed by atoms with E-state index in [-0.39, 0.29) is 12.1 Å². The molecule has 4 rings (SSSR count). The molecule has 140 valence electrons. The maximum absolute atomic E-state index is 12.9. The predicted molar refractivity (Wildman–Crippen MR) is 104 cm³/mol. The van der Waals surface area contributed by atoms with E-state index in [9.17, 15) is 9.59 Å². The lowest BCUT2D eigenvalue weighted by molar-refractivity contribution is 0.415. The minimum atomic E-state index is -0.414. The summed E-state index contributed by atoms with van der Waals surface area (Å²) in [5.74, 6) is 1.19. The minimum Gasteiger partial charge on any atom is -0.495 e. The molecule has 0 saturated heterocycles. The summed E-state index contributed by atoms with van der Waals surface area (Å²) in [7, 11) is 3.17. The molecule has 9 heteroatoms. The number of imidazole rings is 1. The van der Waals surface area contributed by atoms with Gasteiger partial charge in [-0.2, -0.15) is 4.98 Å². The Kier molecular flexibility index (Phi) is 4.07. The lowest BCUT2D eigenvalue weighted by Gasteiger charge is -2.17. The molecule has 3 heterocycles. The molecule has 0 spiro atoms. The molecule has 8 nitrogen and oxygen atoms in total. The highest BCUT2D eigenvalue weighted by Crippen LogP contribution is 2.35. The van der Waals surface area contributed by atoms with Gasteiger partial charge in [0.15, 0.2) is 11.2 Å². The molecule has 0 saturated carbocycles. The zero-order valence-corrected chi connectivity index (χ0v) is 15.7. The molecule has 0 amide bonds. The van der Waals surface area contributed by atoms with Gasteiger partial charge in [0.1, 0.15) is 5.75 Å². The first-order valence-electron chi connectivity index (χ1n) is 8.40. The zero-order valence-electron chi connectivity index (χ0n) is 15.0. The average molecular weight is 388 g/mol. The molecule has 0 N–H and O–H groups in total. The molecule has 1 aliphatic rings.